The molecule has 7 nitrogen and oxygen atoms in total. The SMILES string of the molecule is CCC(O)(CC)Cc1csc(NS(=O)(=O)c2ccc(CCCN3CCOCC3)cc2C(F)(F)F)n1. The molecular formula is C23H32F3N3O4S2. The van der Waals surface area contributed by atoms with Crippen molar-refractivity contribution in [1.82, 2.24) is 9.88 Å². The molecule has 1 aliphatic heterocycles. The molecule has 3 rings (SSSR count). The smallest absolute Gasteiger partial charge is 0.390 e. The number of morpholine rings is 1. The van der Waals surface area contributed by atoms with Crippen molar-refractivity contribution in [2.45, 2.75) is 62.6 Å². The maximum atomic E-state index is 13.8. The van der Waals surface area contributed by atoms with Crippen LogP contribution in [0.25, 0.3) is 0 Å². The first-order valence-corrected chi connectivity index (χ1v) is 14.0. The Morgan fingerprint density at radius 1 is 1.20 bits per heavy atom. The minimum atomic E-state index is -4.84. The van der Waals surface area contributed by atoms with Crippen LogP contribution in [-0.4, -0.2) is 61.9 Å². The molecule has 2 aromatic rings. The van der Waals surface area contributed by atoms with Gasteiger partial charge in [-0.2, -0.15) is 13.2 Å². The highest BCUT2D eigenvalue weighted by Crippen LogP contribution is 2.36. The number of benzene rings is 1. The molecule has 0 bridgehead atoms. The topological polar surface area (TPSA) is 91.8 Å². The number of ether oxygens (including phenoxy) is 1. The van der Waals surface area contributed by atoms with E-state index in [0.717, 1.165) is 43.1 Å². The number of aliphatic hydroxyl groups is 1. The largest absolute Gasteiger partial charge is 0.417 e. The number of nitrogens with one attached hydrogen (secondary N) is 1. The summed E-state index contributed by atoms with van der Waals surface area (Å²) in [5.41, 5.74) is -1.26. The summed E-state index contributed by atoms with van der Waals surface area (Å²) >= 11 is 0.967. The third-order valence-electron chi connectivity index (χ3n) is 6.28. The lowest BCUT2D eigenvalue weighted by atomic mass is 9.92. The van der Waals surface area contributed by atoms with Crippen molar-refractivity contribution in [2.24, 2.45) is 0 Å². The van der Waals surface area contributed by atoms with Gasteiger partial charge in [0.25, 0.3) is 10.0 Å². The predicted octanol–water partition coefficient (Wildman–Crippen LogP) is 4.32. The van der Waals surface area contributed by atoms with Gasteiger partial charge in [-0.05, 0) is 49.9 Å². The van der Waals surface area contributed by atoms with Gasteiger partial charge in [0.05, 0.1) is 35.0 Å². The van der Waals surface area contributed by atoms with Gasteiger partial charge in [0.15, 0.2) is 5.13 Å². The van der Waals surface area contributed by atoms with Crippen LogP contribution in [-0.2, 0) is 33.8 Å². The van der Waals surface area contributed by atoms with Crippen LogP contribution in [0, 0.1) is 0 Å². The van der Waals surface area contributed by atoms with Gasteiger partial charge >= 0.3 is 6.18 Å². The van der Waals surface area contributed by atoms with Gasteiger partial charge in [-0.15, -0.1) is 11.3 Å². The van der Waals surface area contributed by atoms with Gasteiger partial charge in [-0.1, -0.05) is 19.9 Å². The summed E-state index contributed by atoms with van der Waals surface area (Å²) in [6.07, 6.45) is -2.55. The number of hydrogen-bond donors (Lipinski definition) is 2. The summed E-state index contributed by atoms with van der Waals surface area (Å²) in [7, 11) is -4.53. The van der Waals surface area contributed by atoms with Crippen molar-refractivity contribution in [3.8, 4) is 0 Å². The number of anilines is 1. The van der Waals surface area contributed by atoms with E-state index < -0.39 is 32.3 Å². The van der Waals surface area contributed by atoms with Crippen LogP contribution in [0.1, 0.15) is 49.9 Å². The van der Waals surface area contributed by atoms with Gasteiger partial charge in [0, 0.05) is 24.9 Å². The van der Waals surface area contributed by atoms with Crippen LogP contribution >= 0.6 is 11.3 Å². The van der Waals surface area contributed by atoms with E-state index in [9.17, 15) is 26.7 Å². The lowest BCUT2D eigenvalue weighted by molar-refractivity contribution is -0.139. The molecule has 0 spiro atoms. The van der Waals surface area contributed by atoms with Gasteiger partial charge in [-0.3, -0.25) is 9.62 Å². The van der Waals surface area contributed by atoms with Crippen molar-refractivity contribution < 1.29 is 31.4 Å². The fourth-order valence-electron chi connectivity index (χ4n) is 3.96. The summed E-state index contributed by atoms with van der Waals surface area (Å²) in [5, 5.41) is 12.0. The van der Waals surface area contributed by atoms with Gasteiger partial charge in [0.1, 0.15) is 0 Å². The molecule has 0 saturated carbocycles. The molecule has 1 fully saturated rings. The summed E-state index contributed by atoms with van der Waals surface area (Å²) in [4.78, 5) is 5.53. The van der Waals surface area contributed by atoms with E-state index in [1.165, 1.54) is 6.07 Å². The summed E-state index contributed by atoms with van der Waals surface area (Å²) in [6.45, 7) is 7.31. The summed E-state index contributed by atoms with van der Waals surface area (Å²) in [6, 6.07) is 3.36. The van der Waals surface area contributed by atoms with Crippen LogP contribution in [0.3, 0.4) is 0 Å². The number of nitrogens with zero attached hydrogens (tertiary/aromatic N) is 2. The van der Waals surface area contributed by atoms with Crippen molar-refractivity contribution in [1.29, 1.82) is 0 Å². The van der Waals surface area contributed by atoms with Crippen LogP contribution in [0.15, 0.2) is 28.5 Å². The second-order valence-corrected chi connectivity index (χ2v) is 11.3. The highest BCUT2D eigenvalue weighted by atomic mass is 32.2. The van der Waals surface area contributed by atoms with Crippen molar-refractivity contribution in [3.63, 3.8) is 0 Å². The number of sulfonamides is 1. The number of alkyl halides is 3. The number of rotatable bonds is 11. The molecule has 0 radical (unpaired) electrons. The van der Waals surface area contributed by atoms with E-state index in [-0.39, 0.29) is 11.6 Å². The minimum Gasteiger partial charge on any atom is -0.390 e. The fraction of sp³-hybridized carbons (Fsp3) is 0.609. The first kappa shape index (κ1) is 27.9. The Morgan fingerprint density at radius 2 is 1.89 bits per heavy atom. The van der Waals surface area contributed by atoms with E-state index in [1.807, 2.05) is 13.8 Å². The van der Waals surface area contributed by atoms with Gasteiger partial charge < -0.3 is 9.84 Å². The van der Waals surface area contributed by atoms with E-state index >= 15 is 0 Å². The van der Waals surface area contributed by atoms with E-state index in [2.05, 4.69) is 14.6 Å². The van der Waals surface area contributed by atoms with Crippen molar-refractivity contribution in [3.05, 3.63) is 40.4 Å². The van der Waals surface area contributed by atoms with Crippen molar-refractivity contribution >= 4 is 26.5 Å². The van der Waals surface area contributed by atoms with Crippen LogP contribution < -0.4 is 4.72 Å². The molecule has 196 valence electrons. The Morgan fingerprint density at radius 3 is 2.51 bits per heavy atom. The summed E-state index contributed by atoms with van der Waals surface area (Å²) < 4.78 is 74.7. The molecule has 2 heterocycles. The molecule has 35 heavy (non-hydrogen) atoms. The third kappa shape index (κ3) is 7.63. The second kappa shape index (κ2) is 11.5. The van der Waals surface area contributed by atoms with Gasteiger partial charge in [-0.25, -0.2) is 13.4 Å². The highest BCUT2D eigenvalue weighted by Gasteiger charge is 2.38. The molecule has 2 N–H and O–H groups in total. The zero-order valence-corrected chi connectivity index (χ0v) is 21.5. The van der Waals surface area contributed by atoms with Crippen LogP contribution in [0.2, 0.25) is 0 Å². The van der Waals surface area contributed by atoms with Crippen molar-refractivity contribution in [2.75, 3.05) is 37.6 Å². The van der Waals surface area contributed by atoms with Crippen LogP contribution in [0.5, 0.6) is 0 Å². The third-order valence-corrected chi connectivity index (χ3v) is 8.62. The maximum Gasteiger partial charge on any atom is 0.417 e. The molecule has 0 aliphatic carbocycles. The Labute approximate surface area is 208 Å². The van der Waals surface area contributed by atoms with E-state index in [0.29, 0.717) is 50.2 Å². The lowest BCUT2D eigenvalue weighted by Crippen LogP contribution is -2.36. The Hall–Kier alpha value is -1.73. The molecule has 0 unspecified atom stereocenters. The quantitative estimate of drug-likeness (QED) is 0.445. The number of hydrogen-bond acceptors (Lipinski definition) is 7. The lowest BCUT2D eigenvalue weighted by Gasteiger charge is -2.26. The standard InChI is InChI=1S/C23H32F3N3O4S2/c1-3-22(30,4-2)15-18-16-34-21(27-18)28-35(31,32)20-8-7-17(14-19(20)23(24,25)26)6-5-9-29-10-12-33-13-11-29/h7-8,14,16,30H,3-6,9-13,15H2,1-2H3,(H,27,28). The zero-order valence-electron chi connectivity index (χ0n) is 19.9. The molecule has 1 saturated heterocycles. The molecule has 0 atom stereocenters. The Balaban J connectivity index is 1.74. The molecular weight excluding hydrogens is 503 g/mol. The second-order valence-electron chi connectivity index (χ2n) is 8.74. The van der Waals surface area contributed by atoms with Gasteiger partial charge in [0.2, 0.25) is 0 Å². The summed E-state index contributed by atoms with van der Waals surface area (Å²) in [5.74, 6) is 0. The van der Waals surface area contributed by atoms with E-state index in [1.54, 1.807) is 5.38 Å². The van der Waals surface area contributed by atoms with E-state index in [4.69, 9.17) is 4.74 Å². The fourth-order valence-corrected chi connectivity index (χ4v) is 6.13. The molecule has 1 aromatic heterocycles. The monoisotopic (exact) mass is 535 g/mol. The molecule has 1 aliphatic rings. The average Bonchev–Trinajstić information content (AvgIpc) is 3.24. The number of aromatic nitrogens is 1. The number of aryl methyl sites for hydroxylation is 1. The Bertz CT molecular complexity index is 1080. The maximum absolute atomic E-state index is 13.8. The first-order valence-electron chi connectivity index (χ1n) is 11.7. The molecule has 12 heteroatoms. The predicted molar refractivity (Wildman–Crippen MR) is 129 cm³/mol. The zero-order chi connectivity index (χ0) is 25.7. The van der Waals surface area contributed by atoms with Crippen LogP contribution in [0.4, 0.5) is 18.3 Å². The normalized spacial score (nSPS) is 15.9. The Kier molecular flexibility index (Phi) is 9.19. The number of halogens is 3. The highest BCUT2D eigenvalue weighted by molar-refractivity contribution is 7.93. The first-order chi connectivity index (χ1) is 16.5. The molecule has 0 amide bonds. The number of thiazole rings is 1. The minimum absolute atomic E-state index is 0.0442. The molecule has 1 aromatic carbocycles. The average molecular weight is 536 g/mol.